The molecule has 0 saturated heterocycles. The Hall–Kier alpha value is -0.830. The van der Waals surface area contributed by atoms with Gasteiger partial charge < -0.3 is 9.64 Å². The SMILES string of the molecule is C=CC(=O)OCC.CCCN(CCC)CCC. The van der Waals surface area contributed by atoms with Crippen molar-refractivity contribution in [2.45, 2.75) is 47.0 Å². The average Bonchev–Trinajstić information content (AvgIpc) is 2.31. The third-order valence-corrected chi connectivity index (χ3v) is 2.07. The molecule has 0 N–H and O–H groups in total. The Kier molecular flexibility index (Phi) is 16.5. The lowest BCUT2D eigenvalue weighted by Crippen LogP contribution is -2.25. The normalized spacial score (nSPS) is 9.47. The van der Waals surface area contributed by atoms with Crippen LogP contribution < -0.4 is 0 Å². The zero-order valence-electron chi connectivity index (χ0n) is 12.0. The van der Waals surface area contributed by atoms with Crippen LogP contribution >= 0.6 is 0 Å². The predicted molar refractivity (Wildman–Crippen MR) is 74.1 cm³/mol. The fourth-order valence-electron chi connectivity index (χ4n) is 1.49. The summed E-state index contributed by atoms with van der Waals surface area (Å²) < 4.78 is 4.43. The van der Waals surface area contributed by atoms with Crippen molar-refractivity contribution in [2.24, 2.45) is 0 Å². The molecule has 3 nitrogen and oxygen atoms in total. The second-order valence-electron chi connectivity index (χ2n) is 3.80. The molecule has 0 radical (unpaired) electrons. The van der Waals surface area contributed by atoms with Gasteiger partial charge in [0.15, 0.2) is 0 Å². The van der Waals surface area contributed by atoms with Crippen LogP contribution in [0.2, 0.25) is 0 Å². The molecule has 3 heteroatoms. The molecule has 0 heterocycles. The lowest BCUT2D eigenvalue weighted by atomic mass is 10.3. The van der Waals surface area contributed by atoms with Crippen LogP contribution in [0, 0.1) is 0 Å². The van der Waals surface area contributed by atoms with E-state index in [1.54, 1.807) is 6.92 Å². The maximum atomic E-state index is 10.1. The van der Waals surface area contributed by atoms with E-state index >= 15 is 0 Å². The molecule has 0 aliphatic heterocycles. The summed E-state index contributed by atoms with van der Waals surface area (Å²) >= 11 is 0. The van der Waals surface area contributed by atoms with Crippen LogP contribution in [0.5, 0.6) is 0 Å². The number of carbonyl (C=O) groups is 1. The van der Waals surface area contributed by atoms with Gasteiger partial charge in [-0.1, -0.05) is 27.4 Å². The quantitative estimate of drug-likeness (QED) is 0.484. The van der Waals surface area contributed by atoms with E-state index in [2.05, 4.69) is 37.0 Å². The van der Waals surface area contributed by atoms with E-state index in [1.165, 1.54) is 38.9 Å². The maximum absolute atomic E-state index is 10.1. The summed E-state index contributed by atoms with van der Waals surface area (Å²) in [7, 11) is 0. The highest BCUT2D eigenvalue weighted by molar-refractivity contribution is 5.81. The summed E-state index contributed by atoms with van der Waals surface area (Å²) in [5.41, 5.74) is 0. The number of ether oxygens (including phenoxy) is 1. The van der Waals surface area contributed by atoms with Crippen molar-refractivity contribution in [1.29, 1.82) is 0 Å². The van der Waals surface area contributed by atoms with Gasteiger partial charge >= 0.3 is 5.97 Å². The summed E-state index contributed by atoms with van der Waals surface area (Å²) in [4.78, 5) is 12.6. The molecule has 0 aromatic carbocycles. The van der Waals surface area contributed by atoms with Crippen LogP contribution in [0.4, 0.5) is 0 Å². The van der Waals surface area contributed by atoms with E-state index in [4.69, 9.17) is 0 Å². The van der Waals surface area contributed by atoms with Gasteiger partial charge in [0.25, 0.3) is 0 Å². The van der Waals surface area contributed by atoms with Crippen LogP contribution in [-0.4, -0.2) is 37.1 Å². The van der Waals surface area contributed by atoms with Gasteiger partial charge in [-0.15, -0.1) is 0 Å². The first-order valence-corrected chi connectivity index (χ1v) is 6.67. The summed E-state index contributed by atoms with van der Waals surface area (Å²) in [5.74, 6) is -0.359. The van der Waals surface area contributed by atoms with Crippen LogP contribution in [-0.2, 0) is 9.53 Å². The van der Waals surface area contributed by atoms with E-state index in [0.29, 0.717) is 6.61 Å². The van der Waals surface area contributed by atoms with Gasteiger partial charge in [-0.25, -0.2) is 4.79 Å². The topological polar surface area (TPSA) is 29.5 Å². The molecule has 102 valence electrons. The smallest absolute Gasteiger partial charge is 0.330 e. The lowest BCUT2D eigenvalue weighted by molar-refractivity contribution is -0.137. The van der Waals surface area contributed by atoms with Crippen LogP contribution in [0.25, 0.3) is 0 Å². The zero-order chi connectivity index (χ0) is 13.5. The molecule has 0 atom stereocenters. The van der Waals surface area contributed by atoms with Gasteiger partial charge in [0.2, 0.25) is 0 Å². The minimum atomic E-state index is -0.359. The van der Waals surface area contributed by atoms with Gasteiger partial charge in [-0.2, -0.15) is 0 Å². The minimum Gasteiger partial charge on any atom is -0.463 e. The van der Waals surface area contributed by atoms with Crippen molar-refractivity contribution in [1.82, 2.24) is 4.90 Å². The highest BCUT2D eigenvalue weighted by Crippen LogP contribution is 1.94. The minimum absolute atomic E-state index is 0.359. The van der Waals surface area contributed by atoms with Gasteiger partial charge in [0, 0.05) is 6.08 Å². The summed E-state index contributed by atoms with van der Waals surface area (Å²) in [5, 5.41) is 0. The van der Waals surface area contributed by atoms with Crippen LogP contribution in [0.1, 0.15) is 47.0 Å². The van der Waals surface area contributed by atoms with E-state index in [1.807, 2.05) is 0 Å². The first kappa shape index (κ1) is 18.5. The van der Waals surface area contributed by atoms with E-state index in [9.17, 15) is 4.79 Å². The Morgan fingerprint density at radius 1 is 1.06 bits per heavy atom. The monoisotopic (exact) mass is 243 g/mol. The van der Waals surface area contributed by atoms with Gasteiger partial charge in [-0.3, -0.25) is 0 Å². The number of esters is 1. The summed E-state index contributed by atoms with van der Waals surface area (Å²) in [6, 6.07) is 0. The Morgan fingerprint density at radius 3 is 1.65 bits per heavy atom. The molecule has 0 aromatic rings. The first-order chi connectivity index (χ1) is 8.15. The van der Waals surface area contributed by atoms with Crippen molar-refractivity contribution in [3.05, 3.63) is 12.7 Å². The Labute approximate surface area is 107 Å². The van der Waals surface area contributed by atoms with Crippen molar-refractivity contribution >= 4 is 5.97 Å². The van der Waals surface area contributed by atoms with Crippen molar-refractivity contribution in [3.8, 4) is 0 Å². The molecule has 0 bridgehead atoms. The fraction of sp³-hybridized carbons (Fsp3) is 0.786. The molecule has 0 aromatic heterocycles. The number of rotatable bonds is 8. The van der Waals surface area contributed by atoms with E-state index < -0.39 is 0 Å². The summed E-state index contributed by atoms with van der Waals surface area (Å²) in [6.45, 7) is 16.0. The van der Waals surface area contributed by atoms with Crippen LogP contribution in [0.15, 0.2) is 12.7 Å². The molecule has 0 amide bonds. The van der Waals surface area contributed by atoms with Crippen molar-refractivity contribution in [2.75, 3.05) is 26.2 Å². The molecule has 17 heavy (non-hydrogen) atoms. The van der Waals surface area contributed by atoms with E-state index in [-0.39, 0.29) is 5.97 Å². The standard InChI is InChI=1S/C9H21N.C5H8O2/c1-4-7-10(8-5-2)9-6-3;1-3-5(6)7-4-2/h4-9H2,1-3H3;3H,1,4H2,2H3. The third kappa shape index (κ3) is 15.2. The van der Waals surface area contributed by atoms with E-state index in [0.717, 1.165) is 6.08 Å². The maximum Gasteiger partial charge on any atom is 0.330 e. The Morgan fingerprint density at radius 2 is 1.47 bits per heavy atom. The van der Waals surface area contributed by atoms with Gasteiger partial charge in [0.1, 0.15) is 0 Å². The largest absolute Gasteiger partial charge is 0.463 e. The molecule has 0 spiro atoms. The first-order valence-electron chi connectivity index (χ1n) is 6.67. The molecule has 0 aliphatic carbocycles. The number of hydrogen-bond acceptors (Lipinski definition) is 3. The molecule has 0 saturated carbocycles. The molecular weight excluding hydrogens is 214 g/mol. The van der Waals surface area contributed by atoms with Gasteiger partial charge in [-0.05, 0) is 45.8 Å². The van der Waals surface area contributed by atoms with Crippen molar-refractivity contribution in [3.63, 3.8) is 0 Å². The molecular formula is C14H29NO2. The predicted octanol–water partition coefficient (Wildman–Crippen LogP) is 3.25. The molecule has 0 rings (SSSR count). The highest BCUT2D eigenvalue weighted by atomic mass is 16.5. The Balaban J connectivity index is 0. The molecule has 0 fully saturated rings. The summed E-state index contributed by atoms with van der Waals surface area (Å²) in [6.07, 6.45) is 5.02. The second kappa shape index (κ2) is 15.2. The lowest BCUT2D eigenvalue weighted by Gasteiger charge is -2.19. The van der Waals surface area contributed by atoms with Gasteiger partial charge in [0.05, 0.1) is 6.61 Å². The zero-order valence-corrected chi connectivity index (χ0v) is 12.0. The van der Waals surface area contributed by atoms with Crippen molar-refractivity contribution < 1.29 is 9.53 Å². The number of hydrogen-bond donors (Lipinski definition) is 0. The second-order valence-corrected chi connectivity index (χ2v) is 3.80. The number of nitrogens with zero attached hydrogens (tertiary/aromatic N) is 1. The van der Waals surface area contributed by atoms with Crippen LogP contribution in [0.3, 0.4) is 0 Å². The fourth-order valence-corrected chi connectivity index (χ4v) is 1.49. The third-order valence-electron chi connectivity index (χ3n) is 2.07. The molecule has 0 unspecified atom stereocenters. The Bertz CT molecular complexity index is 167. The highest BCUT2D eigenvalue weighted by Gasteiger charge is 1.98. The number of carbonyl (C=O) groups excluding carboxylic acids is 1. The average molecular weight is 243 g/mol. The molecule has 0 aliphatic rings.